The molecule has 0 saturated carbocycles. The van der Waals surface area contributed by atoms with Crippen molar-refractivity contribution in [2.24, 2.45) is 0 Å². The van der Waals surface area contributed by atoms with Crippen molar-refractivity contribution in [3.05, 3.63) is 63.6 Å². The van der Waals surface area contributed by atoms with E-state index in [1.807, 2.05) is 19.1 Å². The van der Waals surface area contributed by atoms with Gasteiger partial charge in [0.05, 0.1) is 10.6 Å². The monoisotopic (exact) mass is 408 g/mol. The van der Waals surface area contributed by atoms with E-state index in [-0.39, 0.29) is 10.6 Å². The fraction of sp³-hybridized carbons (Fsp3) is 0.211. The summed E-state index contributed by atoms with van der Waals surface area (Å²) in [5, 5.41) is 5.63. The smallest absolute Gasteiger partial charge is 0.326 e. The minimum Gasteiger partial charge on any atom is -0.451 e. The highest BCUT2D eigenvalue weighted by Gasteiger charge is 2.19. The summed E-state index contributed by atoms with van der Waals surface area (Å²) in [7, 11) is 0. The molecule has 1 atom stereocenters. The molecule has 27 heavy (non-hydrogen) atoms. The lowest BCUT2D eigenvalue weighted by Gasteiger charge is -2.15. The second-order valence-electron chi connectivity index (χ2n) is 5.74. The Kier molecular flexibility index (Phi) is 7.21. The number of esters is 1. The van der Waals surface area contributed by atoms with E-state index in [0.717, 1.165) is 5.56 Å². The van der Waals surface area contributed by atoms with Gasteiger partial charge < -0.3 is 15.4 Å². The summed E-state index contributed by atoms with van der Waals surface area (Å²) < 4.78 is 5.04. The van der Waals surface area contributed by atoms with Gasteiger partial charge >= 0.3 is 5.97 Å². The van der Waals surface area contributed by atoms with Crippen LogP contribution in [0.5, 0.6) is 0 Å². The Hall–Kier alpha value is -2.57. The topological polar surface area (TPSA) is 84.5 Å². The van der Waals surface area contributed by atoms with E-state index in [0.29, 0.717) is 10.7 Å². The average molecular weight is 409 g/mol. The van der Waals surface area contributed by atoms with Crippen LogP contribution >= 0.6 is 23.2 Å². The number of hydrogen-bond donors (Lipinski definition) is 2. The SMILES string of the molecule is Cc1ccccc1NC(=O)[C@H](C)OC(=O)CNC(=O)c1ccc(Cl)cc1Cl. The number of carbonyl (C=O) groups excluding carboxylic acids is 3. The third-order valence-electron chi connectivity index (χ3n) is 3.65. The van der Waals surface area contributed by atoms with Crippen molar-refractivity contribution in [2.45, 2.75) is 20.0 Å². The average Bonchev–Trinajstić information content (AvgIpc) is 2.61. The fourth-order valence-electron chi connectivity index (χ4n) is 2.16. The second kappa shape index (κ2) is 9.39. The molecule has 142 valence electrons. The largest absolute Gasteiger partial charge is 0.451 e. The van der Waals surface area contributed by atoms with E-state index in [1.54, 1.807) is 12.1 Å². The maximum absolute atomic E-state index is 12.1. The summed E-state index contributed by atoms with van der Waals surface area (Å²) in [4.78, 5) is 36.1. The molecule has 2 aromatic rings. The van der Waals surface area contributed by atoms with Crippen LogP contribution < -0.4 is 10.6 Å². The van der Waals surface area contributed by atoms with Crippen LogP contribution in [-0.4, -0.2) is 30.4 Å². The van der Waals surface area contributed by atoms with Gasteiger partial charge in [-0.25, -0.2) is 0 Å². The molecule has 0 spiro atoms. The normalized spacial score (nSPS) is 11.4. The number of halogens is 2. The highest BCUT2D eigenvalue weighted by Crippen LogP contribution is 2.20. The highest BCUT2D eigenvalue weighted by atomic mass is 35.5. The number of amides is 2. The molecule has 0 heterocycles. The molecule has 0 saturated heterocycles. The van der Waals surface area contributed by atoms with E-state index in [9.17, 15) is 14.4 Å². The van der Waals surface area contributed by atoms with Crippen molar-refractivity contribution in [1.82, 2.24) is 5.32 Å². The Bertz CT molecular complexity index is 871. The Labute approximate surface area is 166 Å². The van der Waals surface area contributed by atoms with Crippen molar-refractivity contribution < 1.29 is 19.1 Å². The van der Waals surface area contributed by atoms with Crippen LogP contribution in [0.3, 0.4) is 0 Å². The van der Waals surface area contributed by atoms with Crippen molar-refractivity contribution in [1.29, 1.82) is 0 Å². The van der Waals surface area contributed by atoms with Crippen molar-refractivity contribution in [2.75, 3.05) is 11.9 Å². The number of benzene rings is 2. The second-order valence-corrected chi connectivity index (χ2v) is 6.59. The number of aryl methyl sites for hydroxylation is 1. The molecule has 0 aliphatic heterocycles. The zero-order valence-corrected chi connectivity index (χ0v) is 16.2. The van der Waals surface area contributed by atoms with Crippen LogP contribution in [0.2, 0.25) is 10.0 Å². The summed E-state index contributed by atoms with van der Waals surface area (Å²) >= 11 is 11.7. The van der Waals surface area contributed by atoms with E-state index in [4.69, 9.17) is 27.9 Å². The Morgan fingerprint density at radius 3 is 2.48 bits per heavy atom. The lowest BCUT2D eigenvalue weighted by Crippen LogP contribution is -2.36. The molecule has 8 heteroatoms. The first-order valence-corrected chi connectivity index (χ1v) is 8.82. The number of anilines is 1. The third kappa shape index (κ3) is 5.98. The molecule has 0 aliphatic carbocycles. The van der Waals surface area contributed by atoms with Gasteiger partial charge in [-0.1, -0.05) is 41.4 Å². The molecule has 0 unspecified atom stereocenters. The van der Waals surface area contributed by atoms with Crippen molar-refractivity contribution >= 4 is 46.7 Å². The standard InChI is InChI=1S/C19H18Cl2N2O4/c1-11-5-3-4-6-16(11)23-18(25)12(2)27-17(24)10-22-19(26)14-8-7-13(20)9-15(14)21/h3-9,12H,10H2,1-2H3,(H,22,26)(H,23,25)/t12-/m0/s1. The number of carbonyl (C=O) groups is 3. The first kappa shape index (κ1) is 20.7. The number of para-hydroxylation sites is 1. The van der Waals surface area contributed by atoms with Crippen LogP contribution in [0.1, 0.15) is 22.8 Å². The molecule has 0 fully saturated rings. The van der Waals surface area contributed by atoms with Gasteiger partial charge in [0.1, 0.15) is 6.54 Å². The zero-order valence-electron chi connectivity index (χ0n) is 14.7. The molecule has 0 bridgehead atoms. The highest BCUT2D eigenvalue weighted by molar-refractivity contribution is 6.36. The Balaban J connectivity index is 1.84. The molecule has 0 radical (unpaired) electrons. The van der Waals surface area contributed by atoms with Gasteiger partial charge in [-0.05, 0) is 43.7 Å². The quantitative estimate of drug-likeness (QED) is 0.714. The minimum atomic E-state index is -1.02. The predicted molar refractivity (Wildman–Crippen MR) is 104 cm³/mol. The third-order valence-corrected chi connectivity index (χ3v) is 4.20. The molecule has 2 amide bonds. The minimum absolute atomic E-state index is 0.166. The van der Waals surface area contributed by atoms with Crippen LogP contribution in [-0.2, 0) is 14.3 Å². The molecule has 0 aliphatic rings. The van der Waals surface area contributed by atoms with Gasteiger partial charge in [-0.2, -0.15) is 0 Å². The van der Waals surface area contributed by atoms with E-state index < -0.39 is 30.4 Å². The lowest BCUT2D eigenvalue weighted by molar-refractivity contribution is -0.152. The summed E-state index contributed by atoms with van der Waals surface area (Å²) in [5.74, 6) is -1.77. The van der Waals surface area contributed by atoms with Crippen LogP contribution in [0.4, 0.5) is 5.69 Å². The van der Waals surface area contributed by atoms with Crippen LogP contribution in [0.25, 0.3) is 0 Å². The molecule has 2 N–H and O–H groups in total. The molecule has 6 nitrogen and oxygen atoms in total. The molecule has 0 aromatic heterocycles. The van der Waals surface area contributed by atoms with Crippen molar-refractivity contribution in [3.63, 3.8) is 0 Å². The number of ether oxygens (including phenoxy) is 1. The van der Waals surface area contributed by atoms with Crippen LogP contribution in [0, 0.1) is 6.92 Å². The zero-order chi connectivity index (χ0) is 20.0. The maximum atomic E-state index is 12.1. The molecular formula is C19H18Cl2N2O4. The van der Waals surface area contributed by atoms with E-state index >= 15 is 0 Å². The summed E-state index contributed by atoms with van der Waals surface area (Å²) in [5.41, 5.74) is 1.70. The van der Waals surface area contributed by atoms with Gasteiger partial charge in [0.15, 0.2) is 6.10 Å². The van der Waals surface area contributed by atoms with Gasteiger partial charge in [0.2, 0.25) is 0 Å². The lowest BCUT2D eigenvalue weighted by atomic mass is 10.2. The van der Waals surface area contributed by atoms with Gasteiger partial charge in [-0.3, -0.25) is 14.4 Å². The summed E-state index contributed by atoms with van der Waals surface area (Å²) in [6, 6.07) is 11.6. The number of hydrogen-bond acceptors (Lipinski definition) is 4. The van der Waals surface area contributed by atoms with Gasteiger partial charge in [0, 0.05) is 10.7 Å². The van der Waals surface area contributed by atoms with Gasteiger partial charge in [-0.15, -0.1) is 0 Å². The predicted octanol–water partition coefficient (Wildman–Crippen LogP) is 3.60. The van der Waals surface area contributed by atoms with E-state index in [2.05, 4.69) is 10.6 Å². The first-order chi connectivity index (χ1) is 12.8. The van der Waals surface area contributed by atoms with Crippen molar-refractivity contribution in [3.8, 4) is 0 Å². The summed E-state index contributed by atoms with van der Waals surface area (Å²) in [6.45, 7) is 2.90. The first-order valence-electron chi connectivity index (χ1n) is 8.07. The van der Waals surface area contributed by atoms with E-state index in [1.165, 1.54) is 25.1 Å². The Morgan fingerprint density at radius 2 is 1.81 bits per heavy atom. The fourth-order valence-corrected chi connectivity index (χ4v) is 2.66. The van der Waals surface area contributed by atoms with Gasteiger partial charge in [0.25, 0.3) is 11.8 Å². The Morgan fingerprint density at radius 1 is 1.11 bits per heavy atom. The molecular weight excluding hydrogens is 391 g/mol. The number of rotatable bonds is 6. The number of nitrogens with one attached hydrogen (secondary N) is 2. The maximum Gasteiger partial charge on any atom is 0.326 e. The van der Waals surface area contributed by atoms with Crippen LogP contribution in [0.15, 0.2) is 42.5 Å². The molecule has 2 rings (SSSR count). The summed E-state index contributed by atoms with van der Waals surface area (Å²) in [6.07, 6.45) is -1.02. The molecule has 2 aromatic carbocycles.